The number of carbonyl (C=O) groups excluding carboxylic acids is 1. The first-order valence-corrected chi connectivity index (χ1v) is 6.15. The zero-order valence-corrected chi connectivity index (χ0v) is 11.0. The molecule has 0 unspecified atom stereocenters. The van der Waals surface area contributed by atoms with E-state index in [0.29, 0.717) is 18.0 Å². The van der Waals surface area contributed by atoms with Gasteiger partial charge in [-0.15, -0.1) is 11.3 Å². The van der Waals surface area contributed by atoms with E-state index in [4.69, 9.17) is 9.84 Å². The molecule has 6 heteroatoms. The highest BCUT2D eigenvalue weighted by molar-refractivity contribution is 7.15. The number of carboxylic acid groups (broad SMARTS) is 1. The second-order valence-corrected chi connectivity index (χ2v) is 4.66. The Bertz CT molecular complexity index is 465. The molecule has 98 valence electrons. The molecule has 18 heavy (non-hydrogen) atoms. The number of aryl methyl sites for hydroxylation is 1. The zero-order chi connectivity index (χ0) is 13.5. The van der Waals surface area contributed by atoms with Crippen molar-refractivity contribution in [2.75, 3.05) is 20.3 Å². The van der Waals surface area contributed by atoms with Crippen LogP contribution in [0.25, 0.3) is 6.08 Å². The number of carbonyl (C=O) groups is 2. The normalized spacial score (nSPS) is 10.8. The van der Waals surface area contributed by atoms with Crippen LogP contribution in [0, 0.1) is 6.92 Å². The Kier molecular flexibility index (Phi) is 5.54. The Morgan fingerprint density at radius 3 is 2.89 bits per heavy atom. The standard InChI is InChI=1S/C12H15NO4S/c1-8-7-10(12(16)13-5-6-17-2)18-9(8)3-4-11(14)15/h3-4,7H,5-6H2,1-2H3,(H,13,16)(H,14,15). The number of hydrogen-bond donors (Lipinski definition) is 2. The quantitative estimate of drug-likeness (QED) is 0.606. The fourth-order valence-corrected chi connectivity index (χ4v) is 2.27. The molecular weight excluding hydrogens is 254 g/mol. The van der Waals surface area contributed by atoms with E-state index in [9.17, 15) is 9.59 Å². The number of nitrogens with one attached hydrogen (secondary N) is 1. The van der Waals surface area contributed by atoms with Crippen molar-refractivity contribution in [3.63, 3.8) is 0 Å². The molecule has 1 aromatic rings. The first-order chi connectivity index (χ1) is 8.54. The van der Waals surface area contributed by atoms with Crippen molar-refractivity contribution in [2.45, 2.75) is 6.92 Å². The number of rotatable bonds is 6. The molecule has 0 spiro atoms. The van der Waals surface area contributed by atoms with Gasteiger partial charge in [0, 0.05) is 24.6 Å². The number of ether oxygens (including phenoxy) is 1. The fourth-order valence-electron chi connectivity index (χ4n) is 1.27. The molecule has 0 aliphatic heterocycles. The summed E-state index contributed by atoms with van der Waals surface area (Å²) in [5.41, 5.74) is 0.884. The van der Waals surface area contributed by atoms with Crippen molar-refractivity contribution in [3.8, 4) is 0 Å². The highest BCUT2D eigenvalue weighted by Crippen LogP contribution is 2.23. The lowest BCUT2D eigenvalue weighted by molar-refractivity contribution is -0.131. The third-order valence-electron chi connectivity index (χ3n) is 2.15. The van der Waals surface area contributed by atoms with Crippen LogP contribution in [-0.2, 0) is 9.53 Å². The van der Waals surface area contributed by atoms with Gasteiger partial charge in [0.2, 0.25) is 0 Å². The fraction of sp³-hybridized carbons (Fsp3) is 0.333. The Hall–Kier alpha value is -1.66. The Morgan fingerprint density at radius 2 is 2.28 bits per heavy atom. The van der Waals surface area contributed by atoms with Gasteiger partial charge in [-0.3, -0.25) is 4.79 Å². The molecule has 2 N–H and O–H groups in total. The third kappa shape index (κ3) is 4.31. The second-order valence-electron chi connectivity index (χ2n) is 3.58. The maximum atomic E-state index is 11.7. The maximum absolute atomic E-state index is 11.7. The van der Waals surface area contributed by atoms with Crippen LogP contribution in [0.15, 0.2) is 12.1 Å². The summed E-state index contributed by atoms with van der Waals surface area (Å²) in [7, 11) is 1.57. The van der Waals surface area contributed by atoms with E-state index >= 15 is 0 Å². The number of thiophene rings is 1. The molecule has 0 saturated heterocycles. The molecule has 1 heterocycles. The van der Waals surface area contributed by atoms with Crippen molar-refractivity contribution < 1.29 is 19.4 Å². The van der Waals surface area contributed by atoms with E-state index in [1.165, 1.54) is 17.4 Å². The van der Waals surface area contributed by atoms with Crippen LogP contribution in [0.5, 0.6) is 0 Å². The molecule has 0 radical (unpaired) electrons. The number of aliphatic carboxylic acids is 1. The molecule has 0 atom stereocenters. The number of methoxy groups -OCH3 is 1. The average molecular weight is 269 g/mol. The summed E-state index contributed by atoms with van der Waals surface area (Å²) in [6.45, 7) is 2.75. The molecule has 0 aliphatic carbocycles. The predicted molar refractivity (Wildman–Crippen MR) is 69.9 cm³/mol. The van der Waals surface area contributed by atoms with Gasteiger partial charge in [-0.2, -0.15) is 0 Å². The summed E-state index contributed by atoms with van der Waals surface area (Å²) in [4.78, 5) is 23.5. The molecular formula is C12H15NO4S. The molecule has 1 amide bonds. The van der Waals surface area contributed by atoms with E-state index in [1.54, 1.807) is 13.2 Å². The summed E-state index contributed by atoms with van der Waals surface area (Å²) in [5, 5.41) is 11.3. The van der Waals surface area contributed by atoms with Crippen molar-refractivity contribution >= 4 is 29.3 Å². The van der Waals surface area contributed by atoms with E-state index in [0.717, 1.165) is 16.5 Å². The summed E-state index contributed by atoms with van der Waals surface area (Å²) < 4.78 is 4.83. The highest BCUT2D eigenvalue weighted by atomic mass is 32.1. The molecule has 1 aromatic heterocycles. The number of hydrogen-bond acceptors (Lipinski definition) is 4. The number of amides is 1. The van der Waals surface area contributed by atoms with Crippen LogP contribution in [0.4, 0.5) is 0 Å². The summed E-state index contributed by atoms with van der Waals surface area (Å²) in [6, 6.07) is 1.74. The predicted octanol–water partition coefficient (Wildman–Crippen LogP) is 1.53. The van der Waals surface area contributed by atoms with Gasteiger partial charge in [0.05, 0.1) is 11.5 Å². The van der Waals surface area contributed by atoms with Gasteiger partial charge in [0.25, 0.3) is 5.91 Å². The average Bonchev–Trinajstić information content (AvgIpc) is 2.68. The van der Waals surface area contributed by atoms with E-state index < -0.39 is 5.97 Å². The SMILES string of the molecule is COCCNC(=O)c1cc(C)c(C=CC(=O)O)s1. The topological polar surface area (TPSA) is 75.6 Å². The van der Waals surface area contributed by atoms with Gasteiger partial charge >= 0.3 is 5.97 Å². The van der Waals surface area contributed by atoms with Gasteiger partial charge in [0.1, 0.15) is 0 Å². The van der Waals surface area contributed by atoms with E-state index in [1.807, 2.05) is 6.92 Å². The van der Waals surface area contributed by atoms with Crippen LogP contribution in [0.2, 0.25) is 0 Å². The molecule has 0 fully saturated rings. The molecule has 5 nitrogen and oxygen atoms in total. The lowest BCUT2D eigenvalue weighted by atomic mass is 10.2. The van der Waals surface area contributed by atoms with E-state index in [2.05, 4.69) is 5.32 Å². The first-order valence-electron chi connectivity index (χ1n) is 5.33. The minimum absolute atomic E-state index is 0.171. The summed E-state index contributed by atoms with van der Waals surface area (Å²) >= 11 is 1.26. The molecule has 0 aliphatic rings. The van der Waals surface area contributed by atoms with E-state index in [-0.39, 0.29) is 5.91 Å². The van der Waals surface area contributed by atoms with Crippen molar-refractivity contribution in [3.05, 3.63) is 27.5 Å². The van der Waals surface area contributed by atoms with Crippen molar-refractivity contribution in [1.29, 1.82) is 0 Å². The highest BCUT2D eigenvalue weighted by Gasteiger charge is 2.10. The van der Waals surface area contributed by atoms with Gasteiger partial charge in [-0.25, -0.2) is 4.79 Å². The molecule has 0 aromatic carbocycles. The minimum atomic E-state index is -1.01. The van der Waals surface area contributed by atoms with Gasteiger partial charge < -0.3 is 15.2 Å². The Morgan fingerprint density at radius 1 is 1.56 bits per heavy atom. The van der Waals surface area contributed by atoms with Crippen molar-refractivity contribution in [2.24, 2.45) is 0 Å². The molecule has 1 rings (SSSR count). The van der Waals surface area contributed by atoms with Crippen LogP contribution in [-0.4, -0.2) is 37.2 Å². The molecule has 0 bridgehead atoms. The Labute approximate surface area is 109 Å². The summed E-state index contributed by atoms with van der Waals surface area (Å²) in [6.07, 6.45) is 2.56. The lowest BCUT2D eigenvalue weighted by Gasteiger charge is -2.01. The monoisotopic (exact) mass is 269 g/mol. The minimum Gasteiger partial charge on any atom is -0.478 e. The zero-order valence-electron chi connectivity index (χ0n) is 10.2. The maximum Gasteiger partial charge on any atom is 0.328 e. The largest absolute Gasteiger partial charge is 0.478 e. The smallest absolute Gasteiger partial charge is 0.328 e. The van der Waals surface area contributed by atoms with Crippen LogP contribution in [0.1, 0.15) is 20.1 Å². The van der Waals surface area contributed by atoms with Gasteiger partial charge in [-0.1, -0.05) is 0 Å². The van der Waals surface area contributed by atoms with Gasteiger partial charge in [-0.05, 0) is 24.6 Å². The van der Waals surface area contributed by atoms with Crippen LogP contribution >= 0.6 is 11.3 Å². The van der Waals surface area contributed by atoms with Gasteiger partial charge in [0.15, 0.2) is 0 Å². The Balaban J connectivity index is 2.71. The second kappa shape index (κ2) is 6.93. The third-order valence-corrected chi connectivity index (χ3v) is 3.35. The number of carboxylic acids is 1. The van der Waals surface area contributed by atoms with Crippen LogP contribution < -0.4 is 5.32 Å². The van der Waals surface area contributed by atoms with Crippen LogP contribution in [0.3, 0.4) is 0 Å². The molecule has 0 saturated carbocycles. The lowest BCUT2D eigenvalue weighted by Crippen LogP contribution is -2.26. The summed E-state index contributed by atoms with van der Waals surface area (Å²) in [5.74, 6) is -1.18. The van der Waals surface area contributed by atoms with Crippen molar-refractivity contribution in [1.82, 2.24) is 5.32 Å². The first kappa shape index (κ1) is 14.4.